The first-order chi connectivity index (χ1) is 12.6. The Morgan fingerprint density at radius 3 is 2.65 bits per heavy atom. The number of H-pyrrole nitrogens is 1. The lowest BCUT2D eigenvalue weighted by Gasteiger charge is -2.10. The molecule has 0 bridgehead atoms. The number of carbonyl (C=O) groups is 2. The number of Topliss-reactive ketones (excluding diaryl/α,β-unsaturated/α-hetero) is 1. The van der Waals surface area contributed by atoms with Crippen molar-refractivity contribution in [1.82, 2.24) is 15.4 Å². The fraction of sp³-hybridized carbons (Fsp3) is 0.158. The summed E-state index contributed by atoms with van der Waals surface area (Å²) in [6, 6.07) is 14.7. The smallest absolute Gasteiger partial charge is 0.237 e. The number of hydrogen-bond donors (Lipinski definition) is 3. The van der Waals surface area contributed by atoms with E-state index >= 15 is 0 Å². The van der Waals surface area contributed by atoms with Crippen LogP contribution in [0.1, 0.15) is 15.9 Å². The van der Waals surface area contributed by atoms with Gasteiger partial charge in [0, 0.05) is 5.56 Å². The van der Waals surface area contributed by atoms with E-state index in [-0.39, 0.29) is 23.9 Å². The molecule has 0 spiro atoms. The molecular weight excluding hydrogens is 330 g/mol. The third-order valence-corrected chi connectivity index (χ3v) is 4.32. The fourth-order valence-corrected chi connectivity index (χ4v) is 2.89. The highest BCUT2D eigenvalue weighted by atomic mass is 16.2. The molecule has 3 N–H and O–H groups in total. The Morgan fingerprint density at radius 2 is 1.88 bits per heavy atom. The zero-order valence-corrected chi connectivity index (χ0v) is 14.1. The van der Waals surface area contributed by atoms with Gasteiger partial charge in [-0.3, -0.25) is 14.9 Å². The van der Waals surface area contributed by atoms with Gasteiger partial charge in [-0.1, -0.05) is 42.0 Å². The highest BCUT2D eigenvalue weighted by Crippen LogP contribution is 2.17. The molecule has 1 atom stereocenters. The van der Waals surface area contributed by atoms with E-state index < -0.39 is 5.92 Å². The fourth-order valence-electron chi connectivity index (χ4n) is 2.89. The van der Waals surface area contributed by atoms with Crippen LogP contribution < -0.4 is 10.7 Å². The van der Waals surface area contributed by atoms with Gasteiger partial charge in [-0.05, 0) is 19.1 Å². The maximum Gasteiger partial charge on any atom is 0.237 e. The SMILES string of the molecule is Cc1ccc(C(=O)C2=NNCC2C(=O)Nc2nc3ccccc3[nH]2)cc1. The average Bonchev–Trinajstić information content (AvgIpc) is 3.28. The van der Waals surface area contributed by atoms with Crippen LogP contribution in [0, 0.1) is 12.8 Å². The number of carbonyl (C=O) groups excluding carboxylic acids is 2. The summed E-state index contributed by atoms with van der Waals surface area (Å²) in [7, 11) is 0. The Kier molecular flexibility index (Phi) is 3.96. The van der Waals surface area contributed by atoms with Crippen molar-refractivity contribution in [2.45, 2.75) is 6.92 Å². The van der Waals surface area contributed by atoms with Gasteiger partial charge in [-0.2, -0.15) is 5.10 Å². The number of aryl methyl sites for hydroxylation is 1. The molecule has 0 fully saturated rings. The van der Waals surface area contributed by atoms with Crippen molar-refractivity contribution in [2.24, 2.45) is 11.0 Å². The van der Waals surface area contributed by atoms with Crippen LogP contribution in [-0.2, 0) is 4.79 Å². The number of aromatic nitrogens is 2. The van der Waals surface area contributed by atoms with Crippen molar-refractivity contribution in [3.8, 4) is 0 Å². The van der Waals surface area contributed by atoms with Crippen molar-refractivity contribution >= 4 is 34.4 Å². The van der Waals surface area contributed by atoms with E-state index in [9.17, 15) is 9.59 Å². The van der Waals surface area contributed by atoms with Crippen molar-refractivity contribution in [3.63, 3.8) is 0 Å². The number of benzene rings is 2. The topological polar surface area (TPSA) is 99.2 Å². The Labute approximate surface area is 149 Å². The van der Waals surface area contributed by atoms with E-state index in [0.29, 0.717) is 11.5 Å². The molecule has 26 heavy (non-hydrogen) atoms. The van der Waals surface area contributed by atoms with Crippen molar-refractivity contribution in [1.29, 1.82) is 0 Å². The number of amides is 1. The molecule has 4 rings (SSSR count). The number of aromatic amines is 1. The van der Waals surface area contributed by atoms with Crippen molar-refractivity contribution < 1.29 is 9.59 Å². The van der Waals surface area contributed by atoms with Crippen LogP contribution in [0.2, 0.25) is 0 Å². The number of ketones is 1. The van der Waals surface area contributed by atoms with Gasteiger partial charge in [0.1, 0.15) is 11.6 Å². The molecule has 2 heterocycles. The molecular formula is C19H17N5O2. The Hall–Kier alpha value is -3.48. The molecule has 0 aliphatic carbocycles. The number of fused-ring (bicyclic) bond motifs is 1. The first-order valence-electron chi connectivity index (χ1n) is 8.29. The zero-order chi connectivity index (χ0) is 18.1. The minimum absolute atomic E-state index is 0.211. The highest BCUT2D eigenvalue weighted by molar-refractivity contribution is 6.50. The zero-order valence-electron chi connectivity index (χ0n) is 14.1. The van der Waals surface area contributed by atoms with E-state index in [4.69, 9.17) is 0 Å². The summed E-state index contributed by atoms with van der Waals surface area (Å²) < 4.78 is 0. The number of para-hydroxylation sites is 2. The van der Waals surface area contributed by atoms with Crippen LogP contribution >= 0.6 is 0 Å². The molecule has 7 nitrogen and oxygen atoms in total. The predicted molar refractivity (Wildman–Crippen MR) is 99.2 cm³/mol. The van der Waals surface area contributed by atoms with E-state index in [0.717, 1.165) is 16.6 Å². The Morgan fingerprint density at radius 1 is 1.12 bits per heavy atom. The first kappa shape index (κ1) is 16.0. The van der Waals surface area contributed by atoms with E-state index in [1.165, 1.54) is 0 Å². The van der Waals surface area contributed by atoms with Crippen LogP contribution in [0.25, 0.3) is 11.0 Å². The lowest BCUT2D eigenvalue weighted by atomic mass is 9.95. The highest BCUT2D eigenvalue weighted by Gasteiger charge is 2.34. The van der Waals surface area contributed by atoms with Crippen LogP contribution in [0.4, 0.5) is 5.95 Å². The maximum absolute atomic E-state index is 12.7. The second-order valence-corrected chi connectivity index (χ2v) is 6.20. The van der Waals surface area contributed by atoms with Crippen molar-refractivity contribution in [2.75, 3.05) is 11.9 Å². The second kappa shape index (κ2) is 6.44. The quantitative estimate of drug-likeness (QED) is 0.630. The number of rotatable bonds is 4. The molecule has 1 amide bonds. The van der Waals surface area contributed by atoms with E-state index in [1.54, 1.807) is 12.1 Å². The molecule has 7 heteroatoms. The number of nitrogens with zero attached hydrogens (tertiary/aromatic N) is 2. The van der Waals surface area contributed by atoms with Gasteiger partial charge in [0.2, 0.25) is 17.6 Å². The van der Waals surface area contributed by atoms with Crippen LogP contribution in [0.3, 0.4) is 0 Å². The minimum atomic E-state index is -0.669. The van der Waals surface area contributed by atoms with Crippen LogP contribution in [0.5, 0.6) is 0 Å². The predicted octanol–water partition coefficient (Wildman–Crippen LogP) is 2.27. The number of nitrogens with one attached hydrogen (secondary N) is 3. The normalized spacial score (nSPS) is 16.2. The average molecular weight is 347 g/mol. The Balaban J connectivity index is 1.52. The largest absolute Gasteiger partial charge is 0.324 e. The summed E-state index contributed by atoms with van der Waals surface area (Å²) >= 11 is 0. The molecule has 1 aromatic heterocycles. The van der Waals surface area contributed by atoms with Gasteiger partial charge < -0.3 is 10.4 Å². The summed E-state index contributed by atoms with van der Waals surface area (Å²) in [5.41, 5.74) is 6.13. The van der Waals surface area contributed by atoms with Crippen molar-refractivity contribution in [3.05, 3.63) is 59.7 Å². The second-order valence-electron chi connectivity index (χ2n) is 6.20. The number of imidazole rings is 1. The molecule has 0 saturated heterocycles. The standard InChI is InChI=1S/C19H17N5O2/c1-11-6-8-12(9-7-11)17(25)16-13(10-20-24-16)18(26)23-19-21-14-4-2-3-5-15(14)22-19/h2-9,13,20H,10H2,1H3,(H2,21,22,23,26). The molecule has 2 aromatic carbocycles. The van der Waals surface area contributed by atoms with Gasteiger partial charge in [0.05, 0.1) is 17.6 Å². The molecule has 1 aliphatic heterocycles. The summed E-state index contributed by atoms with van der Waals surface area (Å²) in [5.74, 6) is -0.893. The third-order valence-electron chi connectivity index (χ3n) is 4.32. The third kappa shape index (κ3) is 2.95. The number of anilines is 1. The van der Waals surface area contributed by atoms with E-state index in [2.05, 4.69) is 25.8 Å². The van der Waals surface area contributed by atoms with Gasteiger partial charge in [-0.25, -0.2) is 4.98 Å². The summed E-state index contributed by atoms with van der Waals surface area (Å²) in [6.07, 6.45) is 0. The monoisotopic (exact) mass is 347 g/mol. The number of hydrogen-bond acceptors (Lipinski definition) is 5. The summed E-state index contributed by atoms with van der Waals surface area (Å²) in [4.78, 5) is 32.7. The van der Waals surface area contributed by atoms with Gasteiger partial charge >= 0.3 is 0 Å². The first-order valence-corrected chi connectivity index (χ1v) is 8.29. The molecule has 1 unspecified atom stereocenters. The summed E-state index contributed by atoms with van der Waals surface area (Å²) in [5, 5.41) is 6.79. The molecule has 3 aromatic rings. The van der Waals surface area contributed by atoms with Gasteiger partial charge in [0.25, 0.3) is 0 Å². The molecule has 130 valence electrons. The summed E-state index contributed by atoms with van der Waals surface area (Å²) in [6.45, 7) is 2.23. The van der Waals surface area contributed by atoms with E-state index in [1.807, 2.05) is 43.3 Å². The number of hydrazone groups is 1. The Bertz CT molecular complexity index is 987. The lowest BCUT2D eigenvalue weighted by Crippen LogP contribution is -2.34. The van der Waals surface area contributed by atoms with Gasteiger partial charge in [0.15, 0.2) is 0 Å². The van der Waals surface area contributed by atoms with Crippen LogP contribution in [-0.4, -0.2) is 33.9 Å². The maximum atomic E-state index is 12.7. The van der Waals surface area contributed by atoms with Gasteiger partial charge in [-0.15, -0.1) is 0 Å². The molecule has 0 saturated carbocycles. The molecule has 0 radical (unpaired) electrons. The lowest BCUT2D eigenvalue weighted by molar-refractivity contribution is -0.117. The minimum Gasteiger partial charge on any atom is -0.324 e. The van der Waals surface area contributed by atoms with Crippen LogP contribution in [0.15, 0.2) is 53.6 Å². The molecule has 1 aliphatic rings.